The lowest BCUT2D eigenvalue weighted by molar-refractivity contribution is 0.434. The van der Waals surface area contributed by atoms with Crippen LogP contribution in [0.4, 0.5) is 17.1 Å². The fraction of sp³-hybridized carbons (Fsp3) is 0.154. The molecule has 6 aromatic rings. The summed E-state index contributed by atoms with van der Waals surface area (Å²) in [4.78, 5) is 15.5. The average molecular weight is 592 g/mol. The Morgan fingerprint density at radius 3 is 1.98 bits per heavy atom. The molecule has 44 heavy (non-hydrogen) atoms. The zero-order valence-electron chi connectivity index (χ0n) is 25.6. The molecule has 0 fully saturated rings. The van der Waals surface area contributed by atoms with Gasteiger partial charge in [-0.1, -0.05) is 91.1 Å². The van der Waals surface area contributed by atoms with Gasteiger partial charge in [-0.05, 0) is 67.4 Å². The highest BCUT2D eigenvalue weighted by atomic mass is 28.3. The van der Waals surface area contributed by atoms with E-state index in [1.807, 2.05) is 19.1 Å². The molecule has 5 aromatic carbocycles. The zero-order valence-corrected chi connectivity index (χ0v) is 26.6. The van der Waals surface area contributed by atoms with Crippen molar-refractivity contribution >= 4 is 41.3 Å². The molecule has 2 aliphatic heterocycles. The molecule has 0 radical (unpaired) electrons. The van der Waals surface area contributed by atoms with Gasteiger partial charge in [0.15, 0.2) is 5.43 Å². The SMILES string of the molecule is Cc1ccc2c(c1)C1(c3ccccc3Oc3ccccc31)c1cc([Si](C)(C)C)ccc1N2c1ccc2oc(C)cc(=O)c2c1. The lowest BCUT2D eigenvalue weighted by atomic mass is 9.61. The smallest absolute Gasteiger partial charge is 0.193 e. The van der Waals surface area contributed by atoms with Crippen molar-refractivity contribution in [3.05, 3.63) is 153 Å². The van der Waals surface area contributed by atoms with Crippen molar-refractivity contribution in [3.63, 3.8) is 0 Å². The van der Waals surface area contributed by atoms with Gasteiger partial charge in [-0.15, -0.1) is 0 Å². The van der Waals surface area contributed by atoms with Gasteiger partial charge < -0.3 is 14.1 Å². The summed E-state index contributed by atoms with van der Waals surface area (Å²) in [6.07, 6.45) is 0. The molecule has 0 saturated heterocycles. The van der Waals surface area contributed by atoms with E-state index in [1.54, 1.807) is 6.07 Å². The molecule has 3 heterocycles. The Bertz CT molecular complexity index is 2160. The molecule has 4 nitrogen and oxygen atoms in total. The first-order valence-electron chi connectivity index (χ1n) is 15.1. The summed E-state index contributed by atoms with van der Waals surface area (Å²) < 4.78 is 12.5. The molecule has 0 atom stereocenters. The van der Waals surface area contributed by atoms with Crippen LogP contribution in [0.3, 0.4) is 0 Å². The van der Waals surface area contributed by atoms with Gasteiger partial charge in [0.2, 0.25) is 0 Å². The molecule has 5 heteroatoms. The molecule has 216 valence electrons. The number of rotatable bonds is 2. The maximum Gasteiger partial charge on any atom is 0.193 e. The van der Waals surface area contributed by atoms with Crippen LogP contribution < -0.4 is 20.3 Å². The number of anilines is 3. The van der Waals surface area contributed by atoms with E-state index >= 15 is 0 Å². The third kappa shape index (κ3) is 3.72. The van der Waals surface area contributed by atoms with Crippen LogP contribution in [0.5, 0.6) is 11.5 Å². The zero-order chi connectivity index (χ0) is 30.4. The van der Waals surface area contributed by atoms with Crippen LogP contribution in [-0.2, 0) is 5.41 Å². The number of ether oxygens (including phenoxy) is 1. The summed E-state index contributed by atoms with van der Waals surface area (Å²) in [5.74, 6) is 2.35. The minimum atomic E-state index is -1.71. The Hall–Kier alpha value is -4.87. The molecule has 0 aliphatic carbocycles. The van der Waals surface area contributed by atoms with Gasteiger partial charge in [0.1, 0.15) is 22.8 Å². The number of hydrogen-bond donors (Lipinski definition) is 0. The Morgan fingerprint density at radius 2 is 1.30 bits per heavy atom. The average Bonchev–Trinajstić information content (AvgIpc) is 3.00. The summed E-state index contributed by atoms with van der Waals surface area (Å²) in [5.41, 5.74) is 8.89. The first-order chi connectivity index (χ1) is 21.2. The molecule has 1 aromatic heterocycles. The summed E-state index contributed by atoms with van der Waals surface area (Å²) >= 11 is 0. The quantitative estimate of drug-likeness (QED) is 0.188. The van der Waals surface area contributed by atoms with E-state index in [0.29, 0.717) is 16.7 Å². The molecular weight excluding hydrogens is 559 g/mol. The Balaban J connectivity index is 1.54. The number of benzene rings is 5. The molecule has 1 spiro atoms. The van der Waals surface area contributed by atoms with E-state index in [0.717, 1.165) is 39.7 Å². The second kappa shape index (κ2) is 9.31. The highest BCUT2D eigenvalue weighted by molar-refractivity contribution is 6.88. The monoisotopic (exact) mass is 591 g/mol. The number of aryl methyl sites for hydroxylation is 2. The number of fused-ring (bicyclic) bond motifs is 9. The van der Waals surface area contributed by atoms with Crippen LogP contribution in [-0.4, -0.2) is 8.07 Å². The second-order valence-corrected chi connectivity index (χ2v) is 18.2. The summed E-state index contributed by atoms with van der Waals surface area (Å²) in [5, 5.41) is 1.96. The highest BCUT2D eigenvalue weighted by Gasteiger charge is 2.51. The van der Waals surface area contributed by atoms with Crippen molar-refractivity contribution in [1.29, 1.82) is 0 Å². The summed E-state index contributed by atoms with van der Waals surface area (Å²) in [6.45, 7) is 11.2. The molecule has 0 bridgehead atoms. The van der Waals surface area contributed by atoms with Gasteiger partial charge >= 0.3 is 0 Å². The first kappa shape index (κ1) is 26.7. The summed E-state index contributed by atoms with van der Waals surface area (Å²) in [6, 6.07) is 38.3. The maximum absolute atomic E-state index is 13.2. The van der Waals surface area contributed by atoms with Crippen LogP contribution >= 0.6 is 0 Å². The standard InChI is InChI=1S/C39H33NO3Si/c1-24-14-17-33-31(20-24)39(29-10-6-8-12-37(29)43-38-13-9-7-11-30(38)39)32-23-27(44(3,4)5)16-18-34(32)40(33)26-15-19-36-28(22-26)35(41)21-25(2)42-36/h6-23H,1-5H3. The Labute approximate surface area is 258 Å². The van der Waals surface area contributed by atoms with Gasteiger partial charge in [-0.25, -0.2) is 0 Å². The van der Waals surface area contributed by atoms with Crippen LogP contribution in [0, 0.1) is 13.8 Å². The van der Waals surface area contributed by atoms with E-state index in [9.17, 15) is 4.79 Å². The van der Waals surface area contributed by atoms with Crippen molar-refractivity contribution in [2.45, 2.75) is 38.9 Å². The summed E-state index contributed by atoms with van der Waals surface area (Å²) in [7, 11) is -1.71. The number of hydrogen-bond acceptors (Lipinski definition) is 4. The van der Waals surface area contributed by atoms with Gasteiger partial charge in [0, 0.05) is 22.9 Å². The van der Waals surface area contributed by atoms with E-state index < -0.39 is 13.5 Å². The van der Waals surface area contributed by atoms with Crippen molar-refractivity contribution < 1.29 is 9.15 Å². The third-order valence-corrected chi connectivity index (χ3v) is 11.2. The molecule has 0 saturated carbocycles. The van der Waals surface area contributed by atoms with Crippen molar-refractivity contribution in [2.75, 3.05) is 4.90 Å². The predicted octanol–water partition coefficient (Wildman–Crippen LogP) is 9.23. The van der Waals surface area contributed by atoms with Crippen molar-refractivity contribution in [1.82, 2.24) is 0 Å². The second-order valence-electron chi connectivity index (χ2n) is 13.1. The first-order valence-corrected chi connectivity index (χ1v) is 18.6. The molecular formula is C39H33NO3Si. The van der Waals surface area contributed by atoms with Gasteiger partial charge in [0.05, 0.1) is 30.2 Å². The molecule has 0 N–H and O–H groups in total. The van der Waals surface area contributed by atoms with Crippen molar-refractivity contribution in [3.8, 4) is 11.5 Å². The van der Waals surface area contributed by atoms with E-state index in [1.165, 1.54) is 21.9 Å². The van der Waals surface area contributed by atoms with Crippen LogP contribution in [0.1, 0.15) is 33.6 Å². The highest BCUT2D eigenvalue weighted by Crippen LogP contribution is 2.62. The van der Waals surface area contributed by atoms with Crippen LogP contribution in [0.2, 0.25) is 19.6 Å². The maximum atomic E-state index is 13.2. The third-order valence-electron chi connectivity index (χ3n) is 9.20. The number of para-hydroxylation sites is 2. The van der Waals surface area contributed by atoms with Crippen molar-refractivity contribution in [2.24, 2.45) is 0 Å². The largest absolute Gasteiger partial charge is 0.461 e. The van der Waals surface area contributed by atoms with E-state index in [2.05, 4.69) is 122 Å². The predicted molar refractivity (Wildman–Crippen MR) is 182 cm³/mol. The van der Waals surface area contributed by atoms with Gasteiger partial charge in [-0.3, -0.25) is 4.79 Å². The minimum Gasteiger partial charge on any atom is -0.461 e. The number of nitrogens with zero attached hydrogens (tertiary/aromatic N) is 1. The molecule has 0 unspecified atom stereocenters. The normalized spacial score (nSPS) is 14.4. The molecule has 8 rings (SSSR count). The molecule has 2 aliphatic rings. The lowest BCUT2D eigenvalue weighted by Gasteiger charge is -2.49. The van der Waals surface area contributed by atoms with Crippen LogP contribution in [0.15, 0.2) is 118 Å². The Kier molecular flexibility index (Phi) is 5.66. The minimum absolute atomic E-state index is 0.0372. The Morgan fingerprint density at radius 1 is 0.659 bits per heavy atom. The van der Waals surface area contributed by atoms with Gasteiger partial charge in [0.25, 0.3) is 0 Å². The van der Waals surface area contributed by atoms with E-state index in [4.69, 9.17) is 9.15 Å². The fourth-order valence-electron chi connectivity index (χ4n) is 7.17. The lowest BCUT2D eigenvalue weighted by Crippen LogP contribution is -2.43. The molecule has 0 amide bonds. The topological polar surface area (TPSA) is 42.7 Å². The fourth-order valence-corrected chi connectivity index (χ4v) is 8.34. The van der Waals surface area contributed by atoms with Crippen LogP contribution in [0.25, 0.3) is 11.0 Å². The van der Waals surface area contributed by atoms with Gasteiger partial charge in [-0.2, -0.15) is 0 Å². The van der Waals surface area contributed by atoms with E-state index in [-0.39, 0.29) is 5.43 Å².